The summed E-state index contributed by atoms with van der Waals surface area (Å²) < 4.78 is 5.11. The van der Waals surface area contributed by atoms with Crippen molar-refractivity contribution in [1.82, 2.24) is 4.98 Å². The molecule has 0 radical (unpaired) electrons. The Hall–Kier alpha value is -2.10. The van der Waals surface area contributed by atoms with Crippen LogP contribution in [0.3, 0.4) is 0 Å². The molecule has 4 heteroatoms. The Balaban J connectivity index is 2.75. The van der Waals surface area contributed by atoms with Crippen LogP contribution in [0.1, 0.15) is 28.5 Å². The summed E-state index contributed by atoms with van der Waals surface area (Å²) in [4.78, 5) is 15.6. The second kappa shape index (κ2) is 4.64. The first-order valence-electron chi connectivity index (χ1n) is 5.78. The van der Waals surface area contributed by atoms with E-state index in [1.807, 2.05) is 13.0 Å². The summed E-state index contributed by atoms with van der Waals surface area (Å²) in [6, 6.07) is 5.32. The molecule has 18 heavy (non-hydrogen) atoms. The van der Waals surface area contributed by atoms with Gasteiger partial charge in [-0.2, -0.15) is 0 Å². The van der Waals surface area contributed by atoms with E-state index in [2.05, 4.69) is 11.9 Å². The number of carbonyl (C=O) groups is 1. The first-order chi connectivity index (χ1) is 8.56. The minimum Gasteiger partial charge on any atom is -0.496 e. The lowest BCUT2D eigenvalue weighted by atomic mass is 10.0. The zero-order valence-electron chi connectivity index (χ0n) is 10.7. The molecule has 0 aliphatic rings. The molecular formula is C14H15NO3. The Labute approximate surface area is 105 Å². The molecule has 0 unspecified atom stereocenters. The third kappa shape index (κ3) is 2.01. The third-order valence-electron chi connectivity index (χ3n) is 3.04. The van der Waals surface area contributed by atoms with Gasteiger partial charge in [0.25, 0.3) is 0 Å². The van der Waals surface area contributed by atoms with E-state index in [-0.39, 0.29) is 5.56 Å². The lowest BCUT2D eigenvalue weighted by molar-refractivity contribution is 0.0693. The molecule has 1 heterocycles. The van der Waals surface area contributed by atoms with Crippen molar-refractivity contribution in [3.05, 3.63) is 35.0 Å². The van der Waals surface area contributed by atoms with E-state index < -0.39 is 5.97 Å². The van der Waals surface area contributed by atoms with Crippen LogP contribution in [0, 0.1) is 6.92 Å². The molecule has 2 rings (SSSR count). The number of aryl methyl sites for hydroxylation is 2. The lowest BCUT2D eigenvalue weighted by Gasteiger charge is -2.09. The molecule has 0 aliphatic carbocycles. The molecule has 94 valence electrons. The number of hydrogen-bond donors (Lipinski definition) is 1. The van der Waals surface area contributed by atoms with Crippen molar-refractivity contribution >= 4 is 16.9 Å². The summed E-state index contributed by atoms with van der Waals surface area (Å²) in [7, 11) is 1.47. The van der Waals surface area contributed by atoms with E-state index >= 15 is 0 Å². The molecule has 0 spiro atoms. The average molecular weight is 245 g/mol. The minimum absolute atomic E-state index is 0.140. The molecule has 0 aliphatic heterocycles. The Morgan fingerprint density at radius 2 is 2.11 bits per heavy atom. The number of carboxylic acids is 1. The Bertz CT molecular complexity index is 620. The minimum atomic E-state index is -1.01. The second-order valence-electron chi connectivity index (χ2n) is 4.14. The highest BCUT2D eigenvalue weighted by molar-refractivity contribution is 5.96. The Kier molecular flexibility index (Phi) is 3.19. The summed E-state index contributed by atoms with van der Waals surface area (Å²) in [6.07, 6.45) is 0.901. The molecule has 1 N–H and O–H groups in total. The predicted octanol–water partition coefficient (Wildman–Crippen LogP) is 2.81. The zero-order valence-corrected chi connectivity index (χ0v) is 10.7. The normalized spacial score (nSPS) is 10.6. The van der Waals surface area contributed by atoms with Crippen molar-refractivity contribution in [3.8, 4) is 5.75 Å². The average Bonchev–Trinajstić information content (AvgIpc) is 2.36. The fourth-order valence-electron chi connectivity index (χ4n) is 2.04. The molecule has 0 saturated carbocycles. The van der Waals surface area contributed by atoms with E-state index in [1.165, 1.54) is 7.11 Å². The van der Waals surface area contributed by atoms with Crippen molar-refractivity contribution in [1.29, 1.82) is 0 Å². The van der Waals surface area contributed by atoms with Crippen molar-refractivity contribution < 1.29 is 14.6 Å². The van der Waals surface area contributed by atoms with Gasteiger partial charge in [0, 0.05) is 11.1 Å². The molecule has 2 aromatic rings. The summed E-state index contributed by atoms with van der Waals surface area (Å²) in [5, 5.41) is 10.0. The SMILES string of the molecule is CCc1cc2cc(OC)c(C(=O)O)cc2nc1C. The lowest BCUT2D eigenvalue weighted by Crippen LogP contribution is -2.02. The number of fused-ring (bicyclic) bond motifs is 1. The quantitative estimate of drug-likeness (QED) is 0.903. The van der Waals surface area contributed by atoms with Gasteiger partial charge in [0.15, 0.2) is 0 Å². The van der Waals surface area contributed by atoms with Gasteiger partial charge >= 0.3 is 5.97 Å². The first-order valence-corrected chi connectivity index (χ1v) is 5.78. The van der Waals surface area contributed by atoms with Crippen molar-refractivity contribution in [3.63, 3.8) is 0 Å². The van der Waals surface area contributed by atoms with Crippen molar-refractivity contribution in [2.45, 2.75) is 20.3 Å². The maximum atomic E-state index is 11.1. The highest BCUT2D eigenvalue weighted by Crippen LogP contribution is 2.26. The Morgan fingerprint density at radius 3 is 2.67 bits per heavy atom. The molecule has 1 aromatic carbocycles. The smallest absolute Gasteiger partial charge is 0.339 e. The van der Waals surface area contributed by atoms with Crippen LogP contribution in [0.15, 0.2) is 18.2 Å². The number of hydrogen-bond acceptors (Lipinski definition) is 3. The van der Waals surface area contributed by atoms with Gasteiger partial charge in [-0.3, -0.25) is 4.98 Å². The number of benzene rings is 1. The second-order valence-corrected chi connectivity index (χ2v) is 4.14. The number of aromatic nitrogens is 1. The standard InChI is InChI=1S/C14H15NO3/c1-4-9-5-10-6-13(18-3)11(14(16)17)7-12(10)15-8(9)2/h5-7H,4H2,1-3H3,(H,16,17). The van der Waals surface area contributed by atoms with Gasteiger partial charge in [-0.15, -0.1) is 0 Å². The summed E-state index contributed by atoms with van der Waals surface area (Å²) in [5.41, 5.74) is 2.92. The fraction of sp³-hybridized carbons (Fsp3) is 0.286. The van der Waals surface area contributed by atoms with E-state index in [1.54, 1.807) is 12.1 Å². The highest BCUT2D eigenvalue weighted by Gasteiger charge is 2.13. The van der Waals surface area contributed by atoms with Crippen molar-refractivity contribution in [2.24, 2.45) is 0 Å². The maximum Gasteiger partial charge on any atom is 0.339 e. The van der Waals surface area contributed by atoms with Gasteiger partial charge in [-0.1, -0.05) is 6.92 Å². The molecule has 0 atom stereocenters. The number of ether oxygens (including phenoxy) is 1. The van der Waals surface area contributed by atoms with Crippen LogP contribution in [0.2, 0.25) is 0 Å². The van der Waals surface area contributed by atoms with Gasteiger partial charge < -0.3 is 9.84 Å². The van der Waals surface area contributed by atoms with Gasteiger partial charge in [-0.05, 0) is 37.1 Å². The number of carboxylic acid groups (broad SMARTS) is 1. The summed E-state index contributed by atoms with van der Waals surface area (Å²) in [5.74, 6) is -0.643. The predicted molar refractivity (Wildman–Crippen MR) is 69.4 cm³/mol. The number of nitrogens with zero attached hydrogens (tertiary/aromatic N) is 1. The summed E-state index contributed by atoms with van der Waals surface area (Å²) in [6.45, 7) is 4.00. The number of methoxy groups -OCH3 is 1. The zero-order chi connectivity index (χ0) is 13.3. The Morgan fingerprint density at radius 1 is 1.39 bits per heavy atom. The summed E-state index contributed by atoms with van der Waals surface area (Å²) >= 11 is 0. The molecule has 0 amide bonds. The molecule has 0 saturated heterocycles. The van der Waals surface area contributed by atoms with Gasteiger partial charge in [0.1, 0.15) is 11.3 Å². The molecule has 4 nitrogen and oxygen atoms in total. The van der Waals surface area contributed by atoms with Crippen LogP contribution in [0.4, 0.5) is 0 Å². The van der Waals surface area contributed by atoms with Crippen LogP contribution in [0.25, 0.3) is 10.9 Å². The van der Waals surface area contributed by atoms with E-state index in [4.69, 9.17) is 9.84 Å². The van der Waals surface area contributed by atoms with Crippen LogP contribution < -0.4 is 4.74 Å². The number of aromatic carboxylic acids is 1. The van der Waals surface area contributed by atoms with Crippen LogP contribution in [0.5, 0.6) is 5.75 Å². The van der Waals surface area contributed by atoms with Crippen LogP contribution in [-0.4, -0.2) is 23.2 Å². The molecule has 0 fully saturated rings. The van der Waals surface area contributed by atoms with Gasteiger partial charge in [0.05, 0.1) is 12.6 Å². The van der Waals surface area contributed by atoms with E-state index in [9.17, 15) is 4.79 Å². The monoisotopic (exact) mass is 245 g/mol. The topological polar surface area (TPSA) is 59.4 Å². The van der Waals surface area contributed by atoms with Crippen LogP contribution in [-0.2, 0) is 6.42 Å². The van der Waals surface area contributed by atoms with Gasteiger partial charge in [-0.25, -0.2) is 4.79 Å². The van der Waals surface area contributed by atoms with Crippen LogP contribution >= 0.6 is 0 Å². The van der Waals surface area contributed by atoms with Crippen molar-refractivity contribution in [2.75, 3.05) is 7.11 Å². The molecule has 1 aromatic heterocycles. The van der Waals surface area contributed by atoms with E-state index in [0.29, 0.717) is 11.3 Å². The molecule has 0 bridgehead atoms. The van der Waals surface area contributed by atoms with E-state index in [0.717, 1.165) is 23.1 Å². The third-order valence-corrected chi connectivity index (χ3v) is 3.04. The van der Waals surface area contributed by atoms with Gasteiger partial charge in [0.2, 0.25) is 0 Å². The number of pyridine rings is 1. The highest BCUT2D eigenvalue weighted by atomic mass is 16.5. The largest absolute Gasteiger partial charge is 0.496 e. The first kappa shape index (κ1) is 12.4. The molecular weight excluding hydrogens is 230 g/mol. The maximum absolute atomic E-state index is 11.1. The fourth-order valence-corrected chi connectivity index (χ4v) is 2.04. The number of rotatable bonds is 3.